The predicted octanol–water partition coefficient (Wildman–Crippen LogP) is 8.86. The molecule has 6 aromatic carbocycles. The van der Waals surface area contributed by atoms with Gasteiger partial charge in [0.1, 0.15) is 0 Å². The van der Waals surface area contributed by atoms with Crippen molar-refractivity contribution in [2.45, 2.75) is 0 Å². The number of aromatic nitrogens is 5. The second-order valence-electron chi connectivity index (χ2n) is 10.6. The van der Waals surface area contributed by atoms with Crippen molar-refractivity contribution < 1.29 is 0 Å². The van der Waals surface area contributed by atoms with Crippen molar-refractivity contribution in [1.82, 2.24) is 24.1 Å². The number of para-hydroxylation sites is 2. The first kappa shape index (κ1) is 22.9. The van der Waals surface area contributed by atoms with Crippen molar-refractivity contribution in [1.29, 1.82) is 0 Å². The molecule has 0 radical (unpaired) electrons. The van der Waals surface area contributed by atoms with Crippen molar-refractivity contribution in [3.63, 3.8) is 0 Å². The average molecular weight is 538 g/mol. The molecule has 0 fully saturated rings. The van der Waals surface area contributed by atoms with Crippen LogP contribution in [0.25, 0.3) is 77.6 Å². The largest absolute Gasteiger partial charge is 0.309 e. The van der Waals surface area contributed by atoms with Crippen LogP contribution in [-0.4, -0.2) is 24.1 Å². The highest BCUT2D eigenvalue weighted by molar-refractivity contribution is 6.21. The minimum Gasteiger partial charge on any atom is -0.309 e. The lowest BCUT2D eigenvalue weighted by atomic mass is 10.0. The van der Waals surface area contributed by atoms with Crippen molar-refractivity contribution in [3.8, 4) is 28.3 Å². The number of nitrogens with zero attached hydrogens (tertiary/aromatic N) is 5. The van der Waals surface area contributed by atoms with E-state index in [0.29, 0.717) is 11.6 Å². The van der Waals surface area contributed by atoms with E-state index >= 15 is 0 Å². The van der Waals surface area contributed by atoms with Crippen LogP contribution < -0.4 is 0 Å². The second kappa shape index (κ2) is 8.85. The Kier molecular flexibility index (Phi) is 4.83. The van der Waals surface area contributed by atoms with Gasteiger partial charge in [0, 0.05) is 33.0 Å². The minimum absolute atomic E-state index is 0.580. The van der Waals surface area contributed by atoms with Crippen LogP contribution in [0.2, 0.25) is 0 Å². The van der Waals surface area contributed by atoms with Gasteiger partial charge in [0.2, 0.25) is 0 Å². The van der Waals surface area contributed by atoms with Gasteiger partial charge >= 0.3 is 0 Å². The van der Waals surface area contributed by atoms with Crippen molar-refractivity contribution in [2.75, 3.05) is 0 Å². The van der Waals surface area contributed by atoms with Crippen LogP contribution in [0.5, 0.6) is 0 Å². The predicted molar refractivity (Wildman–Crippen MR) is 171 cm³/mol. The van der Waals surface area contributed by atoms with Crippen LogP contribution in [0.4, 0.5) is 0 Å². The smallest absolute Gasteiger partial charge is 0.253 e. The lowest BCUT2D eigenvalue weighted by Crippen LogP contribution is -1.97. The third-order valence-corrected chi connectivity index (χ3v) is 8.16. The molecule has 3 heterocycles. The Balaban J connectivity index is 1.26. The zero-order valence-corrected chi connectivity index (χ0v) is 22.5. The monoisotopic (exact) mass is 537 g/mol. The molecule has 0 bridgehead atoms. The molecule has 0 saturated carbocycles. The molecule has 3 aromatic heterocycles. The van der Waals surface area contributed by atoms with E-state index < -0.39 is 0 Å². The quantitative estimate of drug-likeness (QED) is 0.226. The molecule has 9 aromatic rings. The standard InChI is InChI=1S/C37H23N5/c1-2-12-25(13-3-1)35-30-18-7-9-20-32(30)42-37(38-35)39-36(40-42)26-14-10-15-27(23-26)41-31-19-8-6-17-29(31)34-28-16-5-4-11-24(28)21-22-33(34)41/h1-23H. The van der Waals surface area contributed by atoms with Crippen LogP contribution >= 0.6 is 0 Å². The molecule has 42 heavy (non-hydrogen) atoms. The molecule has 5 heteroatoms. The maximum absolute atomic E-state index is 4.99. The molecule has 0 spiro atoms. The van der Waals surface area contributed by atoms with Gasteiger partial charge in [-0.05, 0) is 41.1 Å². The van der Waals surface area contributed by atoms with E-state index in [1.807, 2.05) is 34.8 Å². The first-order valence-electron chi connectivity index (χ1n) is 14.1. The van der Waals surface area contributed by atoms with Crippen molar-refractivity contribution in [3.05, 3.63) is 140 Å². The van der Waals surface area contributed by atoms with Gasteiger partial charge in [-0.15, -0.1) is 5.10 Å². The Morgan fingerprint density at radius 1 is 0.476 bits per heavy atom. The van der Waals surface area contributed by atoms with E-state index in [4.69, 9.17) is 15.1 Å². The average Bonchev–Trinajstić information content (AvgIpc) is 3.65. The number of hydrogen-bond acceptors (Lipinski definition) is 3. The second-order valence-corrected chi connectivity index (χ2v) is 10.6. The topological polar surface area (TPSA) is 48.0 Å². The Morgan fingerprint density at radius 3 is 2.07 bits per heavy atom. The third kappa shape index (κ3) is 3.34. The molecule has 0 saturated heterocycles. The van der Waals surface area contributed by atoms with Crippen molar-refractivity contribution in [2.24, 2.45) is 0 Å². The van der Waals surface area contributed by atoms with Gasteiger partial charge in [-0.25, -0.2) is 4.98 Å². The number of fused-ring (bicyclic) bond motifs is 8. The fourth-order valence-corrected chi connectivity index (χ4v) is 6.30. The molecule has 0 N–H and O–H groups in total. The molecule has 196 valence electrons. The summed E-state index contributed by atoms with van der Waals surface area (Å²) < 4.78 is 4.20. The van der Waals surface area contributed by atoms with Gasteiger partial charge in [0.05, 0.1) is 22.2 Å². The Hall–Kier alpha value is -5.81. The van der Waals surface area contributed by atoms with Gasteiger partial charge in [0.25, 0.3) is 5.78 Å². The van der Waals surface area contributed by atoms with Gasteiger partial charge in [-0.3, -0.25) is 0 Å². The summed E-state index contributed by atoms with van der Waals surface area (Å²) in [5, 5.41) is 11.0. The van der Waals surface area contributed by atoms with Crippen LogP contribution in [-0.2, 0) is 0 Å². The molecule has 0 amide bonds. The molecule has 0 atom stereocenters. The van der Waals surface area contributed by atoms with Crippen LogP contribution in [0.1, 0.15) is 0 Å². The molecule has 5 nitrogen and oxygen atoms in total. The van der Waals surface area contributed by atoms with Gasteiger partial charge < -0.3 is 4.57 Å². The lowest BCUT2D eigenvalue weighted by molar-refractivity contribution is 0.988. The van der Waals surface area contributed by atoms with Crippen LogP contribution in [0.3, 0.4) is 0 Å². The van der Waals surface area contributed by atoms with Gasteiger partial charge in [0.15, 0.2) is 5.82 Å². The number of hydrogen-bond donors (Lipinski definition) is 0. The summed E-state index contributed by atoms with van der Waals surface area (Å²) >= 11 is 0. The van der Waals surface area contributed by atoms with Crippen molar-refractivity contribution >= 4 is 49.3 Å². The summed E-state index contributed by atoms with van der Waals surface area (Å²) in [6, 6.07) is 48.7. The zero-order valence-electron chi connectivity index (χ0n) is 22.5. The van der Waals surface area contributed by atoms with E-state index in [0.717, 1.165) is 33.4 Å². The Morgan fingerprint density at radius 2 is 1.19 bits per heavy atom. The molecular weight excluding hydrogens is 514 g/mol. The fourth-order valence-electron chi connectivity index (χ4n) is 6.30. The summed E-state index contributed by atoms with van der Waals surface area (Å²) in [6.07, 6.45) is 0. The lowest BCUT2D eigenvalue weighted by Gasteiger charge is -2.09. The summed E-state index contributed by atoms with van der Waals surface area (Å²) in [7, 11) is 0. The van der Waals surface area contributed by atoms with E-state index in [-0.39, 0.29) is 0 Å². The van der Waals surface area contributed by atoms with E-state index in [2.05, 4.69) is 114 Å². The Labute approximate surface area is 240 Å². The van der Waals surface area contributed by atoms with Crippen LogP contribution in [0.15, 0.2) is 140 Å². The fraction of sp³-hybridized carbons (Fsp3) is 0. The first-order chi connectivity index (χ1) is 20.8. The van der Waals surface area contributed by atoms with E-state index in [9.17, 15) is 0 Å². The van der Waals surface area contributed by atoms with Crippen LogP contribution in [0, 0.1) is 0 Å². The molecule has 0 aliphatic heterocycles. The van der Waals surface area contributed by atoms with Gasteiger partial charge in [-0.2, -0.15) is 9.50 Å². The summed E-state index contributed by atoms with van der Waals surface area (Å²) in [4.78, 5) is 9.93. The third-order valence-electron chi connectivity index (χ3n) is 8.16. The Bertz CT molecular complexity index is 2470. The molecule has 0 aliphatic rings. The normalized spacial score (nSPS) is 11.8. The molecule has 0 aliphatic carbocycles. The summed E-state index contributed by atoms with van der Waals surface area (Å²) in [6.45, 7) is 0. The number of benzene rings is 6. The number of rotatable bonds is 3. The van der Waals surface area contributed by atoms with Gasteiger partial charge in [-0.1, -0.05) is 109 Å². The highest BCUT2D eigenvalue weighted by Crippen LogP contribution is 2.37. The molecular formula is C37H23N5. The molecule has 0 unspecified atom stereocenters. The minimum atomic E-state index is 0.580. The highest BCUT2D eigenvalue weighted by Gasteiger charge is 2.17. The maximum atomic E-state index is 4.99. The van der Waals surface area contributed by atoms with E-state index in [1.54, 1.807) is 0 Å². The molecule has 9 rings (SSSR count). The maximum Gasteiger partial charge on any atom is 0.253 e. The zero-order chi connectivity index (χ0) is 27.6. The SMILES string of the molecule is c1ccc(-c2nc3nc(-c4cccc(-n5c6ccccc6c6c7ccccc7ccc65)c4)nn3c3ccccc23)cc1. The van der Waals surface area contributed by atoms with E-state index in [1.165, 1.54) is 32.6 Å². The first-order valence-corrected chi connectivity index (χ1v) is 14.1. The summed E-state index contributed by atoms with van der Waals surface area (Å²) in [5.41, 5.74) is 7.29. The highest BCUT2D eigenvalue weighted by atomic mass is 15.3. The summed E-state index contributed by atoms with van der Waals surface area (Å²) in [5.74, 6) is 1.22.